The van der Waals surface area contributed by atoms with E-state index in [1.807, 2.05) is 35.2 Å². The maximum Gasteiger partial charge on any atom is 0.245 e. The van der Waals surface area contributed by atoms with Crippen LogP contribution in [-0.2, 0) is 20.8 Å². The van der Waals surface area contributed by atoms with Crippen molar-refractivity contribution in [1.29, 1.82) is 0 Å². The van der Waals surface area contributed by atoms with Gasteiger partial charge in [-0.25, -0.2) is 5.48 Å². The molecule has 0 bridgehead atoms. The number of hydrogen-bond acceptors (Lipinski definition) is 4. The van der Waals surface area contributed by atoms with E-state index < -0.39 is 6.04 Å². The number of rotatable bonds is 11. The summed E-state index contributed by atoms with van der Waals surface area (Å²) in [6.45, 7) is 1.53. The molecule has 0 spiro atoms. The first-order chi connectivity index (χ1) is 13.6. The van der Waals surface area contributed by atoms with E-state index in [1.54, 1.807) is 5.48 Å². The molecule has 0 aromatic heterocycles. The van der Waals surface area contributed by atoms with Gasteiger partial charge < -0.3 is 10.2 Å². The van der Waals surface area contributed by atoms with Crippen molar-refractivity contribution in [2.45, 2.75) is 63.8 Å². The molecule has 0 aliphatic carbocycles. The average molecular weight is 389 g/mol. The van der Waals surface area contributed by atoms with Crippen molar-refractivity contribution >= 4 is 17.7 Å². The van der Waals surface area contributed by atoms with Gasteiger partial charge in [0.1, 0.15) is 6.04 Å². The summed E-state index contributed by atoms with van der Waals surface area (Å²) in [6, 6.07) is 9.22. The zero-order valence-corrected chi connectivity index (χ0v) is 16.4. The fourth-order valence-electron chi connectivity index (χ4n) is 3.45. The van der Waals surface area contributed by atoms with Gasteiger partial charge in [-0.15, -0.1) is 0 Å². The molecule has 7 heteroatoms. The number of hydroxylamine groups is 1. The van der Waals surface area contributed by atoms with Crippen LogP contribution in [0.2, 0.25) is 0 Å². The average Bonchev–Trinajstić information content (AvgIpc) is 3.25. The summed E-state index contributed by atoms with van der Waals surface area (Å²) in [4.78, 5) is 38.0. The molecule has 154 valence electrons. The van der Waals surface area contributed by atoms with Crippen LogP contribution in [0.1, 0.15) is 56.9 Å². The highest BCUT2D eigenvalue weighted by Crippen LogP contribution is 2.13. The molecular formula is C21H31N3O4. The summed E-state index contributed by atoms with van der Waals surface area (Å²) >= 11 is 0. The second-order valence-electron chi connectivity index (χ2n) is 7.29. The van der Waals surface area contributed by atoms with Gasteiger partial charge >= 0.3 is 0 Å². The van der Waals surface area contributed by atoms with Gasteiger partial charge in [0, 0.05) is 32.4 Å². The number of carbonyl (C=O) groups excluding carboxylic acids is 3. The van der Waals surface area contributed by atoms with Gasteiger partial charge in [0.2, 0.25) is 17.7 Å². The Bertz CT molecular complexity index is 630. The van der Waals surface area contributed by atoms with Crippen molar-refractivity contribution in [3.05, 3.63) is 35.9 Å². The van der Waals surface area contributed by atoms with Crippen LogP contribution in [-0.4, -0.2) is 47.0 Å². The zero-order valence-electron chi connectivity index (χ0n) is 16.4. The molecule has 3 amide bonds. The largest absolute Gasteiger partial charge is 0.344 e. The Balaban J connectivity index is 1.79. The summed E-state index contributed by atoms with van der Waals surface area (Å²) in [6.07, 6.45) is 6.23. The first-order valence-electron chi connectivity index (χ1n) is 10.1. The Hall–Kier alpha value is -2.41. The fourth-order valence-corrected chi connectivity index (χ4v) is 3.45. The molecule has 1 atom stereocenters. The SMILES string of the molecule is O=C(CCCCCCC(=O)N[C@@H](Cc1ccccc1)C(=O)N1CCCC1)NO. The van der Waals surface area contributed by atoms with Crippen LogP contribution >= 0.6 is 0 Å². The number of hydrogen-bond donors (Lipinski definition) is 3. The molecule has 3 N–H and O–H groups in total. The summed E-state index contributed by atoms with van der Waals surface area (Å²) in [5, 5.41) is 11.4. The van der Waals surface area contributed by atoms with Crippen LogP contribution in [0, 0.1) is 0 Å². The van der Waals surface area contributed by atoms with Gasteiger partial charge in [0.15, 0.2) is 0 Å². The van der Waals surface area contributed by atoms with Crippen molar-refractivity contribution in [1.82, 2.24) is 15.7 Å². The number of likely N-dealkylation sites (tertiary alicyclic amines) is 1. The monoisotopic (exact) mass is 389 g/mol. The first-order valence-corrected chi connectivity index (χ1v) is 10.1. The third kappa shape index (κ3) is 7.68. The van der Waals surface area contributed by atoms with Crippen LogP contribution in [0.15, 0.2) is 30.3 Å². The van der Waals surface area contributed by atoms with Crippen molar-refractivity contribution in [2.75, 3.05) is 13.1 Å². The van der Waals surface area contributed by atoms with Crippen LogP contribution in [0.5, 0.6) is 0 Å². The minimum absolute atomic E-state index is 0.00437. The molecule has 7 nitrogen and oxygen atoms in total. The number of amides is 3. The molecular weight excluding hydrogens is 358 g/mol. The van der Waals surface area contributed by atoms with Gasteiger partial charge in [0.05, 0.1) is 0 Å². The zero-order chi connectivity index (χ0) is 20.2. The predicted molar refractivity (Wildman–Crippen MR) is 106 cm³/mol. The van der Waals surface area contributed by atoms with Gasteiger partial charge in [-0.1, -0.05) is 43.2 Å². The first kappa shape index (κ1) is 21.9. The summed E-state index contributed by atoms with van der Waals surface area (Å²) in [7, 11) is 0. The Morgan fingerprint density at radius 3 is 2.14 bits per heavy atom. The van der Waals surface area contributed by atoms with E-state index in [9.17, 15) is 14.4 Å². The highest BCUT2D eigenvalue weighted by molar-refractivity contribution is 5.88. The van der Waals surface area contributed by atoms with Crippen molar-refractivity contribution in [3.63, 3.8) is 0 Å². The van der Waals surface area contributed by atoms with E-state index in [-0.39, 0.29) is 24.1 Å². The van der Waals surface area contributed by atoms with Crippen LogP contribution in [0.3, 0.4) is 0 Å². The smallest absolute Gasteiger partial charge is 0.245 e. The fraction of sp³-hybridized carbons (Fsp3) is 0.571. The highest BCUT2D eigenvalue weighted by Gasteiger charge is 2.27. The van der Waals surface area contributed by atoms with Gasteiger partial charge in [-0.3, -0.25) is 19.6 Å². The van der Waals surface area contributed by atoms with Crippen molar-refractivity contribution in [3.8, 4) is 0 Å². The number of carbonyl (C=O) groups is 3. The van der Waals surface area contributed by atoms with Crippen LogP contribution < -0.4 is 10.8 Å². The molecule has 1 aliphatic rings. The quantitative estimate of drug-likeness (QED) is 0.307. The molecule has 1 saturated heterocycles. The van der Waals surface area contributed by atoms with Crippen molar-refractivity contribution in [2.24, 2.45) is 0 Å². The minimum atomic E-state index is -0.527. The molecule has 0 saturated carbocycles. The molecule has 1 fully saturated rings. The molecule has 1 aromatic carbocycles. The molecule has 1 aromatic rings. The Labute approximate surface area is 166 Å². The lowest BCUT2D eigenvalue weighted by Crippen LogP contribution is -2.48. The van der Waals surface area contributed by atoms with E-state index in [4.69, 9.17) is 5.21 Å². The molecule has 1 heterocycles. The van der Waals surface area contributed by atoms with Gasteiger partial charge in [-0.2, -0.15) is 0 Å². The van der Waals surface area contributed by atoms with E-state index in [2.05, 4.69) is 5.32 Å². The lowest BCUT2D eigenvalue weighted by atomic mass is 10.0. The Kier molecular flexibility index (Phi) is 9.48. The second-order valence-corrected chi connectivity index (χ2v) is 7.29. The third-order valence-electron chi connectivity index (χ3n) is 5.02. The highest BCUT2D eigenvalue weighted by atomic mass is 16.5. The Morgan fingerprint density at radius 1 is 0.929 bits per heavy atom. The third-order valence-corrected chi connectivity index (χ3v) is 5.02. The standard InChI is InChI=1S/C21H31N3O4/c25-19(12-6-1-2-7-13-20(26)23-28)22-18(16-17-10-4-3-5-11-17)21(27)24-14-8-9-15-24/h3-5,10-11,18,28H,1-2,6-9,12-16H2,(H,22,25)(H,23,26)/t18-/m0/s1. The summed E-state index contributed by atoms with van der Waals surface area (Å²) in [5.74, 6) is -0.492. The lowest BCUT2D eigenvalue weighted by Gasteiger charge is -2.24. The van der Waals surface area contributed by atoms with E-state index in [0.717, 1.165) is 44.3 Å². The van der Waals surface area contributed by atoms with Crippen LogP contribution in [0.25, 0.3) is 0 Å². The topological polar surface area (TPSA) is 98.7 Å². The molecule has 2 rings (SSSR count). The van der Waals surface area contributed by atoms with Gasteiger partial charge in [0.25, 0.3) is 0 Å². The predicted octanol–water partition coefficient (Wildman–Crippen LogP) is 2.18. The Morgan fingerprint density at radius 2 is 1.54 bits per heavy atom. The van der Waals surface area contributed by atoms with Crippen LogP contribution in [0.4, 0.5) is 0 Å². The second kappa shape index (κ2) is 12.1. The number of nitrogens with one attached hydrogen (secondary N) is 2. The van der Waals surface area contributed by atoms with Gasteiger partial charge in [-0.05, 0) is 31.2 Å². The van der Waals surface area contributed by atoms with E-state index in [0.29, 0.717) is 25.7 Å². The normalized spacial score (nSPS) is 14.5. The number of benzene rings is 1. The number of nitrogens with zero attached hydrogens (tertiary/aromatic N) is 1. The molecule has 0 unspecified atom stereocenters. The minimum Gasteiger partial charge on any atom is -0.344 e. The molecule has 1 aliphatic heterocycles. The maximum absolute atomic E-state index is 12.8. The molecule has 28 heavy (non-hydrogen) atoms. The summed E-state index contributed by atoms with van der Waals surface area (Å²) in [5.41, 5.74) is 2.64. The lowest BCUT2D eigenvalue weighted by molar-refractivity contribution is -0.135. The molecule has 0 radical (unpaired) electrons. The maximum atomic E-state index is 12.8. The van der Waals surface area contributed by atoms with E-state index >= 15 is 0 Å². The van der Waals surface area contributed by atoms with E-state index in [1.165, 1.54) is 0 Å². The van der Waals surface area contributed by atoms with Crippen molar-refractivity contribution < 1.29 is 19.6 Å². The summed E-state index contributed by atoms with van der Waals surface area (Å²) < 4.78 is 0. The number of unbranched alkanes of at least 4 members (excludes halogenated alkanes) is 3.